The van der Waals surface area contributed by atoms with E-state index in [-0.39, 0.29) is 11.6 Å². The number of benzene rings is 1. The van der Waals surface area contributed by atoms with Crippen molar-refractivity contribution in [1.82, 2.24) is 15.3 Å². The van der Waals surface area contributed by atoms with Crippen LogP contribution in [0.15, 0.2) is 71.9 Å². The van der Waals surface area contributed by atoms with Gasteiger partial charge in [0, 0.05) is 30.1 Å². The summed E-state index contributed by atoms with van der Waals surface area (Å²) in [6.45, 7) is 3.96. The van der Waals surface area contributed by atoms with Crippen LogP contribution < -0.4 is 5.32 Å². The number of rotatable bonds is 5. The number of nitrogens with zero attached hydrogens (tertiary/aromatic N) is 2. The first-order valence-corrected chi connectivity index (χ1v) is 7.15. The number of amides is 1. The molecule has 114 valence electrons. The highest BCUT2D eigenvalue weighted by Crippen LogP contribution is 2.29. The molecule has 0 aliphatic heterocycles. The smallest absolute Gasteiger partial charge is 0.274 e. The predicted molar refractivity (Wildman–Crippen MR) is 87.7 cm³/mol. The van der Waals surface area contributed by atoms with Crippen molar-refractivity contribution in [2.45, 2.75) is 0 Å². The fourth-order valence-electron chi connectivity index (χ4n) is 2.13. The highest BCUT2D eigenvalue weighted by atomic mass is 16.4. The van der Waals surface area contributed by atoms with Crippen LogP contribution >= 0.6 is 0 Å². The molecule has 0 saturated carbocycles. The van der Waals surface area contributed by atoms with E-state index in [9.17, 15) is 4.79 Å². The zero-order valence-electron chi connectivity index (χ0n) is 12.4. The number of hydrogen-bond acceptors (Lipinski definition) is 4. The molecule has 2 aromatic heterocycles. The topological polar surface area (TPSA) is 68.0 Å². The van der Waals surface area contributed by atoms with Gasteiger partial charge in [0.25, 0.3) is 5.91 Å². The Morgan fingerprint density at radius 1 is 1.13 bits per heavy atom. The zero-order valence-corrected chi connectivity index (χ0v) is 12.4. The second-order valence-corrected chi connectivity index (χ2v) is 4.80. The molecule has 0 unspecified atom stereocenters. The maximum Gasteiger partial charge on any atom is 0.274 e. The molecule has 0 radical (unpaired) electrons. The van der Waals surface area contributed by atoms with Crippen LogP contribution in [0.1, 0.15) is 10.5 Å². The molecular weight excluding hydrogens is 290 g/mol. The van der Waals surface area contributed by atoms with E-state index in [1.54, 1.807) is 30.6 Å². The minimum Gasteiger partial charge on any atom is -0.435 e. The van der Waals surface area contributed by atoms with Gasteiger partial charge in [-0.25, -0.2) is 4.98 Å². The second kappa shape index (κ2) is 6.70. The molecule has 2 heterocycles. The highest BCUT2D eigenvalue weighted by molar-refractivity contribution is 5.98. The lowest BCUT2D eigenvalue weighted by Crippen LogP contribution is -2.24. The Hall–Kier alpha value is -3.21. The Balaban J connectivity index is 2.07. The molecule has 3 rings (SSSR count). The van der Waals surface area contributed by atoms with Gasteiger partial charge in [0.15, 0.2) is 11.5 Å². The third-order valence-electron chi connectivity index (χ3n) is 3.21. The summed E-state index contributed by atoms with van der Waals surface area (Å²) in [6.07, 6.45) is 4.90. The monoisotopic (exact) mass is 305 g/mol. The molecular formula is C18H15N3O2. The number of nitrogens with one attached hydrogen (secondary N) is 1. The van der Waals surface area contributed by atoms with E-state index in [2.05, 4.69) is 21.9 Å². The van der Waals surface area contributed by atoms with Crippen molar-refractivity contribution in [3.8, 4) is 22.8 Å². The zero-order chi connectivity index (χ0) is 16.1. The Morgan fingerprint density at radius 3 is 2.57 bits per heavy atom. The van der Waals surface area contributed by atoms with Crippen molar-refractivity contribution >= 4 is 5.91 Å². The number of pyridine rings is 1. The number of carbonyl (C=O) groups excluding carboxylic acids is 1. The predicted octanol–water partition coefficient (Wildman–Crippen LogP) is 3.32. The summed E-state index contributed by atoms with van der Waals surface area (Å²) < 4.78 is 5.86. The van der Waals surface area contributed by atoms with E-state index >= 15 is 0 Å². The van der Waals surface area contributed by atoms with E-state index in [1.807, 2.05) is 30.3 Å². The van der Waals surface area contributed by atoms with Crippen LogP contribution in [-0.2, 0) is 0 Å². The summed E-state index contributed by atoms with van der Waals surface area (Å²) in [6, 6.07) is 13.0. The summed E-state index contributed by atoms with van der Waals surface area (Å²) >= 11 is 0. The SMILES string of the molecule is C=CCNC(=O)c1nc(-c2ccccc2)oc1-c1ccncc1. The molecule has 0 saturated heterocycles. The molecule has 0 fully saturated rings. The van der Waals surface area contributed by atoms with E-state index in [1.165, 1.54) is 0 Å². The quantitative estimate of drug-likeness (QED) is 0.734. The maximum atomic E-state index is 12.3. The average molecular weight is 305 g/mol. The Morgan fingerprint density at radius 2 is 1.87 bits per heavy atom. The molecule has 0 bridgehead atoms. The maximum absolute atomic E-state index is 12.3. The van der Waals surface area contributed by atoms with Gasteiger partial charge in [0.2, 0.25) is 5.89 Å². The molecule has 1 amide bonds. The normalized spacial score (nSPS) is 10.3. The molecule has 1 N–H and O–H groups in total. The third kappa shape index (κ3) is 3.18. The Bertz CT molecular complexity index is 811. The van der Waals surface area contributed by atoms with E-state index < -0.39 is 0 Å². The van der Waals surface area contributed by atoms with E-state index in [4.69, 9.17) is 4.42 Å². The van der Waals surface area contributed by atoms with Crippen molar-refractivity contribution in [2.75, 3.05) is 6.54 Å². The van der Waals surface area contributed by atoms with Crippen LogP contribution in [0.4, 0.5) is 0 Å². The fourth-order valence-corrected chi connectivity index (χ4v) is 2.13. The number of oxazole rings is 1. The van der Waals surface area contributed by atoms with Crippen molar-refractivity contribution in [3.63, 3.8) is 0 Å². The van der Waals surface area contributed by atoms with Gasteiger partial charge >= 0.3 is 0 Å². The lowest BCUT2D eigenvalue weighted by atomic mass is 10.1. The third-order valence-corrected chi connectivity index (χ3v) is 3.21. The first kappa shape index (κ1) is 14.7. The molecule has 3 aromatic rings. The molecule has 5 nitrogen and oxygen atoms in total. The van der Waals surface area contributed by atoms with Gasteiger partial charge in [-0.1, -0.05) is 24.3 Å². The van der Waals surface area contributed by atoms with Crippen molar-refractivity contribution in [2.24, 2.45) is 0 Å². The molecule has 0 atom stereocenters. The highest BCUT2D eigenvalue weighted by Gasteiger charge is 2.21. The molecule has 23 heavy (non-hydrogen) atoms. The fraction of sp³-hybridized carbons (Fsp3) is 0.0556. The molecule has 0 aliphatic rings. The summed E-state index contributed by atoms with van der Waals surface area (Å²) in [7, 11) is 0. The van der Waals surface area contributed by atoms with Gasteiger partial charge in [-0.3, -0.25) is 9.78 Å². The lowest BCUT2D eigenvalue weighted by molar-refractivity contribution is 0.0954. The Labute approximate surface area is 133 Å². The largest absolute Gasteiger partial charge is 0.435 e. The molecule has 1 aromatic carbocycles. The van der Waals surface area contributed by atoms with Crippen molar-refractivity contribution < 1.29 is 9.21 Å². The average Bonchev–Trinajstić information content (AvgIpc) is 3.07. The van der Waals surface area contributed by atoms with Gasteiger partial charge < -0.3 is 9.73 Å². The summed E-state index contributed by atoms with van der Waals surface area (Å²) in [5.74, 6) is 0.525. The molecule has 0 spiro atoms. The minimum absolute atomic E-state index is 0.247. The van der Waals surface area contributed by atoms with Crippen LogP contribution in [0.5, 0.6) is 0 Å². The van der Waals surface area contributed by atoms with Crippen LogP contribution in [0.25, 0.3) is 22.8 Å². The van der Waals surface area contributed by atoms with Crippen LogP contribution in [-0.4, -0.2) is 22.4 Å². The first-order valence-electron chi connectivity index (χ1n) is 7.15. The van der Waals surface area contributed by atoms with Crippen molar-refractivity contribution in [1.29, 1.82) is 0 Å². The molecule has 0 aliphatic carbocycles. The van der Waals surface area contributed by atoms with Gasteiger partial charge in [-0.2, -0.15) is 0 Å². The van der Waals surface area contributed by atoms with E-state index in [0.717, 1.165) is 11.1 Å². The standard InChI is InChI=1S/C18H15N3O2/c1-2-10-20-17(22)15-16(13-8-11-19-12-9-13)23-18(21-15)14-6-4-3-5-7-14/h2-9,11-12H,1,10H2,(H,20,22). The van der Waals surface area contributed by atoms with Crippen LogP contribution in [0.3, 0.4) is 0 Å². The minimum atomic E-state index is -0.303. The van der Waals surface area contributed by atoms with Gasteiger partial charge in [0.1, 0.15) is 0 Å². The summed E-state index contributed by atoms with van der Waals surface area (Å²) in [4.78, 5) is 20.7. The number of carbonyl (C=O) groups is 1. The molecule has 5 heteroatoms. The van der Waals surface area contributed by atoms with Crippen molar-refractivity contribution in [3.05, 3.63) is 73.2 Å². The lowest BCUT2D eigenvalue weighted by Gasteiger charge is -2.01. The van der Waals surface area contributed by atoms with Gasteiger partial charge in [-0.05, 0) is 24.3 Å². The van der Waals surface area contributed by atoms with E-state index in [0.29, 0.717) is 18.2 Å². The number of hydrogen-bond donors (Lipinski definition) is 1. The van der Waals surface area contributed by atoms with Crippen LogP contribution in [0.2, 0.25) is 0 Å². The first-order chi connectivity index (χ1) is 11.3. The summed E-state index contributed by atoms with van der Waals surface area (Å²) in [5, 5.41) is 2.73. The second-order valence-electron chi connectivity index (χ2n) is 4.80. The number of aromatic nitrogens is 2. The van der Waals surface area contributed by atoms with Crippen LogP contribution in [0, 0.1) is 0 Å². The van der Waals surface area contributed by atoms with Gasteiger partial charge in [0.05, 0.1) is 0 Å². The summed E-state index contributed by atoms with van der Waals surface area (Å²) in [5.41, 5.74) is 1.81. The Kier molecular flexibility index (Phi) is 4.29. The van der Waals surface area contributed by atoms with Gasteiger partial charge in [-0.15, -0.1) is 6.58 Å².